The highest BCUT2D eigenvalue weighted by atomic mass is 35.5. The Balaban J connectivity index is 1.23. The van der Waals surface area contributed by atoms with Crippen LogP contribution in [0.1, 0.15) is 73.0 Å². The largest absolute Gasteiger partial charge is 0.488 e. The predicted octanol–water partition coefficient (Wildman–Crippen LogP) is 8.52. The maximum atomic E-state index is 13.5. The van der Waals surface area contributed by atoms with Gasteiger partial charge in [0.2, 0.25) is 0 Å². The van der Waals surface area contributed by atoms with Crippen LogP contribution in [-0.4, -0.2) is 35.4 Å². The van der Waals surface area contributed by atoms with E-state index in [1.165, 1.54) is 0 Å². The molecule has 2 heterocycles. The first kappa shape index (κ1) is 30.3. The van der Waals surface area contributed by atoms with Gasteiger partial charge in [0.25, 0.3) is 5.91 Å². The lowest BCUT2D eigenvalue weighted by Gasteiger charge is -2.24. The van der Waals surface area contributed by atoms with Crippen LogP contribution in [0.4, 0.5) is 8.78 Å². The van der Waals surface area contributed by atoms with Crippen molar-refractivity contribution in [2.24, 2.45) is 16.8 Å². The smallest absolute Gasteiger partial charge is 0.394 e. The number of carbonyl (C=O) groups excluding carboxylic acids is 1. The summed E-state index contributed by atoms with van der Waals surface area (Å²) in [4.78, 5) is 23.2. The molecule has 6 nitrogen and oxygen atoms in total. The van der Waals surface area contributed by atoms with Gasteiger partial charge in [-0.25, -0.2) is 4.98 Å². The predicted molar refractivity (Wildman–Crippen MR) is 169 cm³/mol. The third-order valence-corrected chi connectivity index (χ3v) is 8.69. The van der Waals surface area contributed by atoms with E-state index in [4.69, 9.17) is 26.1 Å². The molecule has 0 bridgehead atoms. The second kappa shape index (κ2) is 12.0. The number of aromatic nitrogens is 1. The van der Waals surface area contributed by atoms with Gasteiger partial charge in [-0.2, -0.15) is 8.78 Å². The van der Waals surface area contributed by atoms with Crippen molar-refractivity contribution < 1.29 is 23.0 Å². The molecule has 6 rings (SSSR count). The van der Waals surface area contributed by atoms with E-state index in [0.29, 0.717) is 46.4 Å². The summed E-state index contributed by atoms with van der Waals surface area (Å²) >= 11 is 6.32. The van der Waals surface area contributed by atoms with Gasteiger partial charge in [-0.05, 0) is 112 Å². The molecule has 1 atom stereocenters. The van der Waals surface area contributed by atoms with Gasteiger partial charge < -0.3 is 14.8 Å². The number of rotatable bonds is 10. The van der Waals surface area contributed by atoms with Crippen molar-refractivity contribution in [3.8, 4) is 11.5 Å². The first-order valence-corrected chi connectivity index (χ1v) is 15.5. The number of alkyl halides is 2. The zero-order chi connectivity index (χ0) is 31.2. The van der Waals surface area contributed by atoms with Gasteiger partial charge in [-0.1, -0.05) is 23.8 Å². The number of amides is 1. The summed E-state index contributed by atoms with van der Waals surface area (Å²) in [6.45, 7) is 6.79. The molecule has 3 aliphatic rings. The maximum absolute atomic E-state index is 13.5. The lowest BCUT2D eigenvalue weighted by molar-refractivity contribution is -0.159. The van der Waals surface area contributed by atoms with Crippen LogP contribution in [0.2, 0.25) is 5.15 Å². The Morgan fingerprint density at radius 2 is 1.89 bits per heavy atom. The van der Waals surface area contributed by atoms with Crippen molar-refractivity contribution in [3.63, 3.8) is 0 Å². The second-order valence-corrected chi connectivity index (χ2v) is 12.5. The third kappa shape index (κ3) is 6.80. The highest BCUT2D eigenvalue weighted by molar-refractivity contribution is 6.30. The lowest BCUT2D eigenvalue weighted by Crippen LogP contribution is -2.31. The molecule has 3 aromatic rings. The standard InChI is InChI=1S/C35H36ClF2N3O3/c1-5-21-8-12-28(40-31(21)23-9-13-29(19(2)14-23)44-35(4,37)38)27(22-6-7-22)18-39-34(42)25-16-24-15-20(3)33(36)41-32(24)30(17-25)43-26-10-11-26/h5,9,12-17,22,26-27H,6-8,10-11,18H2,1-4H3,(H,39,42)/b21-5+. The fourth-order valence-corrected chi connectivity index (χ4v) is 5.78. The van der Waals surface area contributed by atoms with E-state index < -0.39 is 6.11 Å². The van der Waals surface area contributed by atoms with Crippen molar-refractivity contribution in [2.75, 3.05) is 6.54 Å². The summed E-state index contributed by atoms with van der Waals surface area (Å²) in [5, 5.41) is 4.40. The van der Waals surface area contributed by atoms with Gasteiger partial charge in [-0.3, -0.25) is 9.79 Å². The zero-order valence-corrected chi connectivity index (χ0v) is 26.1. The first-order valence-electron chi connectivity index (χ1n) is 15.2. The highest BCUT2D eigenvalue weighted by Gasteiger charge is 2.35. The van der Waals surface area contributed by atoms with Crippen LogP contribution >= 0.6 is 11.6 Å². The number of nitrogens with one attached hydrogen (secondary N) is 1. The van der Waals surface area contributed by atoms with Crippen LogP contribution in [-0.2, 0) is 0 Å². The number of ether oxygens (including phenoxy) is 2. The number of pyridine rings is 1. The summed E-state index contributed by atoms with van der Waals surface area (Å²) < 4.78 is 37.9. The molecule has 1 aliphatic heterocycles. The molecule has 230 valence electrons. The molecule has 0 spiro atoms. The van der Waals surface area contributed by atoms with Crippen LogP contribution in [0.5, 0.6) is 11.5 Å². The van der Waals surface area contributed by atoms with E-state index in [2.05, 4.69) is 16.4 Å². The minimum Gasteiger partial charge on any atom is -0.488 e. The number of aryl methyl sites for hydroxylation is 2. The summed E-state index contributed by atoms with van der Waals surface area (Å²) in [7, 11) is 0. The van der Waals surface area contributed by atoms with Crippen LogP contribution in [0.15, 0.2) is 64.8 Å². The van der Waals surface area contributed by atoms with Crippen LogP contribution in [0.25, 0.3) is 10.9 Å². The average Bonchev–Trinajstić information content (AvgIpc) is 3.91. The van der Waals surface area contributed by atoms with Gasteiger partial charge >= 0.3 is 6.11 Å². The molecule has 1 N–H and O–H groups in total. The van der Waals surface area contributed by atoms with E-state index in [-0.39, 0.29) is 23.7 Å². The Bertz CT molecular complexity index is 1720. The molecule has 2 saturated carbocycles. The van der Waals surface area contributed by atoms with Gasteiger partial charge in [0, 0.05) is 41.6 Å². The fourth-order valence-electron chi connectivity index (χ4n) is 5.64. The lowest BCUT2D eigenvalue weighted by atomic mass is 9.91. The van der Waals surface area contributed by atoms with Crippen LogP contribution < -0.4 is 14.8 Å². The molecule has 0 radical (unpaired) electrons. The first-order chi connectivity index (χ1) is 21.0. The quantitative estimate of drug-likeness (QED) is 0.231. The molecule has 2 fully saturated rings. The number of halogens is 3. The van der Waals surface area contributed by atoms with E-state index in [1.807, 2.05) is 38.1 Å². The highest BCUT2D eigenvalue weighted by Crippen LogP contribution is 2.42. The maximum Gasteiger partial charge on any atom is 0.394 e. The molecule has 2 aromatic carbocycles. The minimum atomic E-state index is -3.26. The molecular formula is C35H36ClF2N3O3. The molecule has 44 heavy (non-hydrogen) atoms. The number of aliphatic imine (C=N–C) groups is 1. The fraction of sp³-hybridized carbons (Fsp3) is 0.400. The number of nitrogens with zero attached hydrogens (tertiary/aromatic N) is 2. The van der Waals surface area contributed by atoms with E-state index in [0.717, 1.165) is 66.1 Å². The van der Waals surface area contributed by atoms with Crippen molar-refractivity contribution in [1.29, 1.82) is 0 Å². The second-order valence-electron chi connectivity index (χ2n) is 12.1. The molecule has 1 amide bonds. The van der Waals surface area contributed by atoms with Gasteiger partial charge in [-0.15, -0.1) is 0 Å². The zero-order valence-electron chi connectivity index (χ0n) is 25.3. The van der Waals surface area contributed by atoms with Crippen LogP contribution in [0.3, 0.4) is 0 Å². The molecule has 1 aromatic heterocycles. The number of allylic oxidation sites excluding steroid dienone is 3. The van der Waals surface area contributed by atoms with Crippen molar-refractivity contribution in [2.45, 2.75) is 72.0 Å². The molecular weight excluding hydrogens is 584 g/mol. The Labute approximate surface area is 261 Å². The number of hydrogen-bond donors (Lipinski definition) is 1. The number of fused-ring (bicyclic) bond motifs is 1. The van der Waals surface area contributed by atoms with Crippen LogP contribution in [0, 0.1) is 25.7 Å². The van der Waals surface area contributed by atoms with Gasteiger partial charge in [0.15, 0.2) is 0 Å². The Morgan fingerprint density at radius 1 is 1.11 bits per heavy atom. The Hall–Kier alpha value is -3.78. The van der Waals surface area contributed by atoms with Crippen molar-refractivity contribution in [1.82, 2.24) is 10.3 Å². The topological polar surface area (TPSA) is 72.8 Å². The van der Waals surface area contributed by atoms with E-state index in [1.54, 1.807) is 25.1 Å². The number of benzene rings is 2. The third-order valence-electron chi connectivity index (χ3n) is 8.31. The van der Waals surface area contributed by atoms with E-state index in [9.17, 15) is 13.6 Å². The number of hydrogen-bond acceptors (Lipinski definition) is 5. The molecule has 0 saturated heterocycles. The van der Waals surface area contributed by atoms with Crippen molar-refractivity contribution in [3.05, 3.63) is 87.2 Å². The summed E-state index contributed by atoms with van der Waals surface area (Å²) in [5.41, 5.74) is 6.28. The SMILES string of the molecule is C/C=C1\CC=C(C(CNC(=O)c2cc(OC3CC3)c3nc(Cl)c(C)cc3c2)C2CC2)N=C1c1ccc(OC(C)(F)F)c(C)c1. The normalized spacial score (nSPS) is 18.6. The summed E-state index contributed by atoms with van der Waals surface area (Å²) in [5.74, 6) is 1.03. The van der Waals surface area contributed by atoms with Gasteiger partial charge in [0.05, 0.1) is 11.8 Å². The summed E-state index contributed by atoms with van der Waals surface area (Å²) in [6, 6.07) is 10.7. The van der Waals surface area contributed by atoms with Gasteiger partial charge in [0.1, 0.15) is 22.2 Å². The van der Waals surface area contributed by atoms with E-state index >= 15 is 0 Å². The Kier molecular flexibility index (Phi) is 8.22. The average molecular weight is 620 g/mol. The minimum absolute atomic E-state index is 0.0557. The summed E-state index contributed by atoms with van der Waals surface area (Å²) in [6.07, 6.45) is 5.89. The molecule has 9 heteroatoms. The van der Waals surface area contributed by atoms with Crippen molar-refractivity contribution >= 4 is 34.1 Å². The monoisotopic (exact) mass is 619 g/mol. The Morgan fingerprint density at radius 3 is 2.55 bits per heavy atom. The molecule has 1 unspecified atom stereocenters. The molecule has 2 aliphatic carbocycles. The number of carbonyl (C=O) groups is 1.